The van der Waals surface area contributed by atoms with E-state index in [0.717, 1.165) is 33.5 Å². The maximum atomic E-state index is 12.0. The van der Waals surface area contributed by atoms with Gasteiger partial charge in [0, 0.05) is 5.56 Å². The molecule has 0 heterocycles. The molecule has 0 bridgehead atoms. The Labute approximate surface area is 152 Å². The Bertz CT molecular complexity index is 876. The lowest BCUT2D eigenvalue weighted by atomic mass is 9.97. The van der Waals surface area contributed by atoms with Gasteiger partial charge in [-0.3, -0.25) is 9.59 Å². The second-order valence-electron chi connectivity index (χ2n) is 6.18. The van der Waals surface area contributed by atoms with Crippen molar-refractivity contribution < 1.29 is 19.1 Å². The van der Waals surface area contributed by atoms with E-state index in [4.69, 9.17) is 9.47 Å². The van der Waals surface area contributed by atoms with Crippen LogP contribution in [0.1, 0.15) is 31.7 Å². The summed E-state index contributed by atoms with van der Waals surface area (Å²) in [5.74, 6) is -0.755. The summed E-state index contributed by atoms with van der Waals surface area (Å²) < 4.78 is 10.4. The van der Waals surface area contributed by atoms with Crippen LogP contribution in [0.2, 0.25) is 0 Å². The normalized spacial score (nSPS) is 10.8. The van der Waals surface area contributed by atoms with Crippen molar-refractivity contribution in [3.05, 3.63) is 60.2 Å². The fourth-order valence-electron chi connectivity index (χ4n) is 2.98. The highest BCUT2D eigenvalue weighted by Crippen LogP contribution is 2.29. The monoisotopic (exact) mass is 350 g/mol. The number of carbonyl (C=O) groups excluding carboxylic acids is 2. The lowest BCUT2D eigenvalue weighted by molar-refractivity contribution is -0.151. The number of hydrogen-bond donors (Lipinski definition) is 0. The highest BCUT2D eigenvalue weighted by Gasteiger charge is 2.12. The zero-order chi connectivity index (χ0) is 18.4. The second-order valence-corrected chi connectivity index (χ2v) is 6.18. The first-order chi connectivity index (χ1) is 12.7. The van der Waals surface area contributed by atoms with Crippen molar-refractivity contribution >= 4 is 33.5 Å². The van der Waals surface area contributed by atoms with Crippen LogP contribution in [0.4, 0.5) is 0 Å². The summed E-state index contributed by atoms with van der Waals surface area (Å²) in [6, 6.07) is 18.3. The predicted octanol–water partition coefficient (Wildman–Crippen LogP) is 4.77. The van der Waals surface area contributed by atoms with E-state index in [0.29, 0.717) is 6.61 Å². The van der Waals surface area contributed by atoms with E-state index in [9.17, 15) is 9.59 Å². The summed E-state index contributed by atoms with van der Waals surface area (Å²) in [5, 5.41) is 4.36. The molecule has 0 N–H and O–H groups in total. The fourth-order valence-corrected chi connectivity index (χ4v) is 2.98. The zero-order valence-electron chi connectivity index (χ0n) is 14.9. The molecule has 0 aliphatic carbocycles. The number of carbonyl (C=O) groups is 2. The van der Waals surface area contributed by atoms with Gasteiger partial charge < -0.3 is 9.47 Å². The zero-order valence-corrected chi connectivity index (χ0v) is 14.9. The SMILES string of the molecule is CCCOC(=O)CCC(=O)OCc1c2ccccc2cc2ccccc12. The number of benzene rings is 3. The Hall–Kier alpha value is -2.88. The minimum absolute atomic E-state index is 0.0330. The molecule has 4 heteroatoms. The van der Waals surface area contributed by atoms with Crippen LogP contribution in [0, 0.1) is 0 Å². The van der Waals surface area contributed by atoms with E-state index >= 15 is 0 Å². The quantitative estimate of drug-likeness (QED) is 0.455. The molecule has 26 heavy (non-hydrogen) atoms. The third kappa shape index (κ3) is 4.20. The Balaban J connectivity index is 1.73. The van der Waals surface area contributed by atoms with Crippen molar-refractivity contribution in [2.45, 2.75) is 32.8 Å². The maximum Gasteiger partial charge on any atom is 0.306 e. The van der Waals surface area contributed by atoms with Crippen molar-refractivity contribution in [3.8, 4) is 0 Å². The summed E-state index contributed by atoms with van der Waals surface area (Å²) in [6.07, 6.45) is 0.852. The van der Waals surface area contributed by atoms with Gasteiger partial charge in [-0.1, -0.05) is 55.5 Å². The van der Waals surface area contributed by atoms with Gasteiger partial charge in [-0.25, -0.2) is 0 Å². The minimum atomic E-state index is -0.393. The number of fused-ring (bicyclic) bond motifs is 2. The third-order valence-corrected chi connectivity index (χ3v) is 4.26. The molecule has 0 aromatic heterocycles. The summed E-state index contributed by atoms with van der Waals surface area (Å²) in [4.78, 5) is 23.5. The van der Waals surface area contributed by atoms with Crippen molar-refractivity contribution in [2.75, 3.05) is 6.61 Å². The first-order valence-corrected chi connectivity index (χ1v) is 8.89. The summed E-state index contributed by atoms with van der Waals surface area (Å²) >= 11 is 0. The van der Waals surface area contributed by atoms with Crippen LogP contribution in [0.15, 0.2) is 54.6 Å². The van der Waals surface area contributed by atoms with Crippen LogP contribution in [-0.2, 0) is 25.7 Å². The van der Waals surface area contributed by atoms with Gasteiger partial charge >= 0.3 is 11.9 Å². The van der Waals surface area contributed by atoms with Gasteiger partial charge in [0.15, 0.2) is 0 Å². The van der Waals surface area contributed by atoms with Gasteiger partial charge in [-0.15, -0.1) is 0 Å². The molecule has 0 radical (unpaired) electrons. The molecule has 134 valence electrons. The van der Waals surface area contributed by atoms with Gasteiger partial charge in [-0.05, 0) is 34.0 Å². The minimum Gasteiger partial charge on any atom is -0.466 e. The molecule has 4 nitrogen and oxygen atoms in total. The van der Waals surface area contributed by atoms with Gasteiger partial charge in [0.25, 0.3) is 0 Å². The molecule has 0 aliphatic heterocycles. The molecule has 0 spiro atoms. The summed E-state index contributed by atoms with van der Waals surface area (Å²) in [5.41, 5.74) is 0.987. The molecule has 3 aromatic carbocycles. The van der Waals surface area contributed by atoms with Crippen molar-refractivity contribution in [1.82, 2.24) is 0 Å². The van der Waals surface area contributed by atoms with E-state index in [2.05, 4.69) is 18.2 Å². The average Bonchev–Trinajstić information content (AvgIpc) is 2.67. The van der Waals surface area contributed by atoms with Crippen LogP contribution < -0.4 is 0 Å². The number of esters is 2. The molecule has 0 amide bonds. The van der Waals surface area contributed by atoms with Crippen LogP contribution in [0.5, 0.6) is 0 Å². The number of rotatable bonds is 7. The van der Waals surface area contributed by atoms with Crippen molar-refractivity contribution in [3.63, 3.8) is 0 Å². The molecular weight excluding hydrogens is 328 g/mol. The van der Waals surface area contributed by atoms with Crippen LogP contribution in [-0.4, -0.2) is 18.5 Å². The van der Waals surface area contributed by atoms with Crippen LogP contribution >= 0.6 is 0 Å². The molecule has 0 aliphatic rings. The standard InChI is InChI=1S/C22H22O4/c1-2-13-25-21(23)11-12-22(24)26-15-20-18-9-5-3-7-16(18)14-17-8-4-6-10-19(17)20/h3-10,14H,2,11-13,15H2,1H3. The lowest BCUT2D eigenvalue weighted by Crippen LogP contribution is -2.11. The molecule has 0 atom stereocenters. The largest absolute Gasteiger partial charge is 0.466 e. The Kier molecular flexibility index (Phi) is 5.84. The van der Waals surface area contributed by atoms with Gasteiger partial charge in [0.05, 0.1) is 19.4 Å². The van der Waals surface area contributed by atoms with E-state index in [1.165, 1.54) is 0 Å². The van der Waals surface area contributed by atoms with E-state index in [1.54, 1.807) is 0 Å². The van der Waals surface area contributed by atoms with Crippen molar-refractivity contribution in [1.29, 1.82) is 0 Å². The Morgan fingerprint density at radius 1 is 0.808 bits per heavy atom. The molecule has 0 saturated carbocycles. The first-order valence-electron chi connectivity index (χ1n) is 8.89. The molecule has 3 rings (SSSR count). The Morgan fingerprint density at radius 3 is 1.92 bits per heavy atom. The van der Waals surface area contributed by atoms with E-state index in [1.807, 2.05) is 43.3 Å². The molecule has 3 aromatic rings. The molecule has 0 saturated heterocycles. The number of hydrogen-bond acceptors (Lipinski definition) is 4. The van der Waals surface area contributed by atoms with Crippen LogP contribution in [0.3, 0.4) is 0 Å². The first kappa shape index (κ1) is 17.9. The lowest BCUT2D eigenvalue weighted by Gasteiger charge is -2.12. The average molecular weight is 350 g/mol. The summed E-state index contributed by atoms with van der Waals surface area (Å²) in [7, 11) is 0. The molecule has 0 unspecified atom stereocenters. The van der Waals surface area contributed by atoms with E-state index in [-0.39, 0.29) is 25.4 Å². The van der Waals surface area contributed by atoms with Crippen molar-refractivity contribution in [2.24, 2.45) is 0 Å². The predicted molar refractivity (Wildman–Crippen MR) is 102 cm³/mol. The second kappa shape index (κ2) is 8.48. The highest BCUT2D eigenvalue weighted by atomic mass is 16.5. The third-order valence-electron chi connectivity index (χ3n) is 4.26. The fraction of sp³-hybridized carbons (Fsp3) is 0.273. The van der Waals surface area contributed by atoms with E-state index < -0.39 is 5.97 Å². The highest BCUT2D eigenvalue weighted by molar-refractivity contribution is 6.02. The summed E-state index contributed by atoms with van der Waals surface area (Å²) in [6.45, 7) is 2.50. The topological polar surface area (TPSA) is 52.6 Å². The van der Waals surface area contributed by atoms with Gasteiger partial charge in [0.1, 0.15) is 6.61 Å². The maximum absolute atomic E-state index is 12.0. The molecular formula is C22H22O4. The number of ether oxygens (including phenoxy) is 2. The Morgan fingerprint density at radius 2 is 1.35 bits per heavy atom. The van der Waals surface area contributed by atoms with Crippen LogP contribution in [0.25, 0.3) is 21.5 Å². The smallest absolute Gasteiger partial charge is 0.306 e. The van der Waals surface area contributed by atoms with Gasteiger partial charge in [-0.2, -0.15) is 0 Å². The molecule has 0 fully saturated rings. The van der Waals surface area contributed by atoms with Gasteiger partial charge in [0.2, 0.25) is 0 Å².